The monoisotopic (exact) mass is 252 g/mol. The van der Waals surface area contributed by atoms with Gasteiger partial charge in [0.2, 0.25) is 0 Å². The summed E-state index contributed by atoms with van der Waals surface area (Å²) in [5.74, 6) is 0. The minimum Gasteiger partial charge on any atom is -0.366 e. The van der Waals surface area contributed by atoms with Gasteiger partial charge in [-0.1, -0.05) is 17.7 Å². The van der Waals surface area contributed by atoms with E-state index in [0.717, 1.165) is 18.1 Å². The van der Waals surface area contributed by atoms with E-state index in [9.17, 15) is 0 Å². The molecule has 0 aromatic heterocycles. The fourth-order valence-electron chi connectivity index (χ4n) is 2.68. The maximum atomic E-state index is 6.14. The topological polar surface area (TPSA) is 15.3 Å². The van der Waals surface area contributed by atoms with Gasteiger partial charge in [-0.15, -0.1) is 0 Å². The van der Waals surface area contributed by atoms with Crippen LogP contribution < -0.4 is 10.2 Å². The molecule has 1 aromatic rings. The van der Waals surface area contributed by atoms with Gasteiger partial charge in [-0.25, -0.2) is 0 Å². The summed E-state index contributed by atoms with van der Waals surface area (Å²) in [5, 5.41) is 4.05. The number of anilines is 1. The molecule has 0 spiro atoms. The molecule has 0 bridgehead atoms. The summed E-state index contributed by atoms with van der Waals surface area (Å²) in [6, 6.07) is 6.20. The van der Waals surface area contributed by atoms with Crippen molar-refractivity contribution in [2.24, 2.45) is 0 Å². The van der Waals surface area contributed by atoms with E-state index in [0.29, 0.717) is 0 Å². The molecule has 0 aliphatic carbocycles. The molecule has 1 fully saturated rings. The predicted octanol–water partition coefficient (Wildman–Crippen LogP) is 3.44. The second kappa shape index (κ2) is 4.87. The SMILES string of the molecule is CNCc1ccc(Cl)cc1N1CCCC1(C)C. The Morgan fingerprint density at radius 1 is 1.41 bits per heavy atom. The Balaban J connectivity index is 2.39. The highest BCUT2D eigenvalue weighted by molar-refractivity contribution is 6.30. The van der Waals surface area contributed by atoms with Gasteiger partial charge in [0.05, 0.1) is 0 Å². The molecule has 2 rings (SSSR count). The van der Waals surface area contributed by atoms with E-state index in [4.69, 9.17) is 11.6 Å². The van der Waals surface area contributed by atoms with Crippen LogP contribution in [0, 0.1) is 0 Å². The maximum absolute atomic E-state index is 6.14. The molecule has 0 atom stereocenters. The molecule has 1 N–H and O–H groups in total. The molecular formula is C14H21ClN2. The van der Waals surface area contributed by atoms with Gasteiger partial charge in [0, 0.05) is 29.3 Å². The molecule has 1 aromatic carbocycles. The second-order valence-corrected chi connectivity index (χ2v) is 5.81. The number of hydrogen-bond donors (Lipinski definition) is 1. The average molecular weight is 253 g/mol. The van der Waals surface area contributed by atoms with Crippen molar-refractivity contribution >= 4 is 17.3 Å². The van der Waals surface area contributed by atoms with Crippen molar-refractivity contribution in [3.05, 3.63) is 28.8 Å². The highest BCUT2D eigenvalue weighted by atomic mass is 35.5. The Morgan fingerprint density at radius 3 is 2.76 bits per heavy atom. The summed E-state index contributed by atoms with van der Waals surface area (Å²) in [4.78, 5) is 2.49. The van der Waals surface area contributed by atoms with Crippen LogP contribution in [-0.2, 0) is 6.54 Å². The van der Waals surface area contributed by atoms with Crippen molar-refractivity contribution in [1.82, 2.24) is 5.32 Å². The first kappa shape index (κ1) is 12.7. The van der Waals surface area contributed by atoms with Crippen LogP contribution in [0.4, 0.5) is 5.69 Å². The summed E-state index contributed by atoms with van der Waals surface area (Å²) < 4.78 is 0. The third-order valence-corrected chi connectivity index (χ3v) is 3.84. The Morgan fingerprint density at radius 2 is 2.18 bits per heavy atom. The van der Waals surface area contributed by atoms with Crippen molar-refractivity contribution in [1.29, 1.82) is 0 Å². The molecule has 1 saturated heterocycles. The lowest BCUT2D eigenvalue weighted by molar-refractivity contribution is 0.516. The summed E-state index contributed by atoms with van der Waals surface area (Å²) in [5.41, 5.74) is 2.86. The highest BCUT2D eigenvalue weighted by Crippen LogP contribution is 2.36. The third kappa shape index (κ3) is 2.58. The van der Waals surface area contributed by atoms with E-state index in [2.05, 4.69) is 36.2 Å². The quantitative estimate of drug-likeness (QED) is 0.887. The minimum atomic E-state index is 0.243. The molecule has 1 aliphatic rings. The molecule has 1 heterocycles. The van der Waals surface area contributed by atoms with Crippen LogP contribution >= 0.6 is 11.6 Å². The number of rotatable bonds is 3. The number of nitrogens with one attached hydrogen (secondary N) is 1. The normalized spacial score (nSPS) is 18.7. The molecule has 0 unspecified atom stereocenters. The van der Waals surface area contributed by atoms with Gasteiger partial charge in [0.15, 0.2) is 0 Å². The van der Waals surface area contributed by atoms with Crippen LogP contribution in [-0.4, -0.2) is 19.1 Å². The van der Waals surface area contributed by atoms with Gasteiger partial charge in [0.1, 0.15) is 0 Å². The summed E-state index contributed by atoms with van der Waals surface area (Å²) in [6.45, 7) is 6.64. The van der Waals surface area contributed by atoms with E-state index >= 15 is 0 Å². The third-order valence-electron chi connectivity index (χ3n) is 3.61. The van der Waals surface area contributed by atoms with Gasteiger partial charge < -0.3 is 10.2 Å². The van der Waals surface area contributed by atoms with E-state index in [1.54, 1.807) is 0 Å². The van der Waals surface area contributed by atoms with Gasteiger partial charge in [-0.2, -0.15) is 0 Å². The first-order valence-electron chi connectivity index (χ1n) is 6.25. The van der Waals surface area contributed by atoms with Gasteiger partial charge in [-0.05, 0) is 51.4 Å². The lowest BCUT2D eigenvalue weighted by Crippen LogP contribution is -2.38. The summed E-state index contributed by atoms with van der Waals surface area (Å²) >= 11 is 6.14. The molecular weight excluding hydrogens is 232 g/mol. The summed E-state index contributed by atoms with van der Waals surface area (Å²) in [6.07, 6.45) is 2.51. The fourth-order valence-corrected chi connectivity index (χ4v) is 2.85. The van der Waals surface area contributed by atoms with Crippen molar-refractivity contribution in [3.63, 3.8) is 0 Å². The second-order valence-electron chi connectivity index (χ2n) is 5.37. The standard InChI is InChI=1S/C14H21ClN2/c1-14(2)7-4-8-17(14)13-9-12(15)6-5-11(13)10-16-3/h5-6,9,16H,4,7-8,10H2,1-3H3. The first-order valence-corrected chi connectivity index (χ1v) is 6.63. The number of hydrogen-bond acceptors (Lipinski definition) is 2. The average Bonchev–Trinajstić information content (AvgIpc) is 2.61. The minimum absolute atomic E-state index is 0.243. The van der Waals surface area contributed by atoms with Crippen molar-refractivity contribution < 1.29 is 0 Å². The van der Waals surface area contributed by atoms with E-state index in [-0.39, 0.29) is 5.54 Å². The Bertz CT molecular complexity index is 401. The van der Waals surface area contributed by atoms with E-state index < -0.39 is 0 Å². The van der Waals surface area contributed by atoms with Crippen LogP contribution in [0.2, 0.25) is 5.02 Å². The summed E-state index contributed by atoms with van der Waals surface area (Å²) in [7, 11) is 1.98. The Kier molecular flexibility index (Phi) is 3.64. The van der Waals surface area contributed by atoms with Gasteiger partial charge in [0.25, 0.3) is 0 Å². The van der Waals surface area contributed by atoms with Crippen LogP contribution in [0.3, 0.4) is 0 Å². The van der Waals surface area contributed by atoms with Crippen LogP contribution in [0.15, 0.2) is 18.2 Å². The first-order chi connectivity index (χ1) is 8.04. The maximum Gasteiger partial charge on any atom is 0.0431 e. The Hall–Kier alpha value is -0.730. The van der Waals surface area contributed by atoms with Crippen molar-refractivity contribution in [2.75, 3.05) is 18.5 Å². The molecule has 17 heavy (non-hydrogen) atoms. The molecule has 0 radical (unpaired) electrons. The molecule has 0 saturated carbocycles. The lowest BCUT2D eigenvalue weighted by atomic mass is 10.0. The predicted molar refractivity (Wildman–Crippen MR) is 74.9 cm³/mol. The van der Waals surface area contributed by atoms with E-state index in [1.165, 1.54) is 24.1 Å². The zero-order chi connectivity index (χ0) is 12.5. The largest absolute Gasteiger partial charge is 0.366 e. The molecule has 2 nitrogen and oxygen atoms in total. The zero-order valence-electron chi connectivity index (χ0n) is 10.9. The van der Waals surface area contributed by atoms with Crippen LogP contribution in [0.1, 0.15) is 32.3 Å². The fraction of sp³-hybridized carbons (Fsp3) is 0.571. The van der Waals surface area contributed by atoms with Crippen molar-refractivity contribution in [2.45, 2.75) is 38.8 Å². The van der Waals surface area contributed by atoms with Gasteiger partial charge in [-0.3, -0.25) is 0 Å². The van der Waals surface area contributed by atoms with E-state index in [1.807, 2.05) is 13.1 Å². The highest BCUT2D eigenvalue weighted by Gasteiger charge is 2.32. The molecule has 94 valence electrons. The van der Waals surface area contributed by atoms with Gasteiger partial charge >= 0.3 is 0 Å². The Labute approximate surface area is 109 Å². The lowest BCUT2D eigenvalue weighted by Gasteiger charge is -2.35. The van der Waals surface area contributed by atoms with Crippen LogP contribution in [0.25, 0.3) is 0 Å². The number of nitrogens with zero attached hydrogens (tertiary/aromatic N) is 1. The number of halogens is 1. The zero-order valence-corrected chi connectivity index (χ0v) is 11.6. The number of benzene rings is 1. The molecule has 0 amide bonds. The van der Waals surface area contributed by atoms with Crippen molar-refractivity contribution in [3.8, 4) is 0 Å². The molecule has 1 aliphatic heterocycles. The smallest absolute Gasteiger partial charge is 0.0431 e. The molecule has 3 heteroatoms. The van der Waals surface area contributed by atoms with Crippen LogP contribution in [0.5, 0.6) is 0 Å².